The molecular weight excluding hydrogens is 1090 g/mol. The first-order valence-corrected chi connectivity index (χ1v) is 27.3. The van der Waals surface area contributed by atoms with E-state index in [1.807, 2.05) is 0 Å². The minimum Gasteiger partial charge on any atom is -0.445 e. The molecule has 9 amide bonds. The molecule has 0 radical (unpaired) electrons. The number of carbonyl (C=O) groups excluding carboxylic acids is 8. The van der Waals surface area contributed by atoms with Gasteiger partial charge in [0.25, 0.3) is 17.7 Å². The molecule has 0 aliphatic carbocycles. The number of ether oxygens (including phenoxy) is 2. The number of nitrogens with zero attached hydrogens (tertiary/aromatic N) is 5. The standard InChI is InChI=1S/C58H72F4N10O11/c1-34(2)50(68-47(74)15-8-7-9-25-71-48(75)22-23-49(71)76)54(78)67-45(14-11-24-64-56(63)80)53(77)65-41-19-16-36(17-20-41)33-83-57(81)70-29-38(44(62)31-70)30-72(55(79)35(3)73)51(58(4,5)82-6)52-66-46(42-27-40(60)18-21-43(42)61)32-69(52)28-37-12-10-13-39(59)26-37/h10,12-13,16-23,26-27,32,34-35,38,44-45,50-51,73H,7-9,11,14-15,24-25,28-31,33H2,1-6H3,(H,65,77)(H,67,78)(H,68,74)(H3,63,64,80)/t35-,38-,44-,45+,50+,51-/m0/s1. The van der Waals surface area contributed by atoms with Crippen molar-refractivity contribution in [3.05, 3.63) is 119 Å². The minimum absolute atomic E-state index is 0.0417. The number of unbranched alkanes of at least 4 members (excludes halogenated alkanes) is 2. The summed E-state index contributed by atoms with van der Waals surface area (Å²) in [7, 11) is 1.36. The Morgan fingerprint density at radius 2 is 1.57 bits per heavy atom. The molecule has 21 nitrogen and oxygen atoms in total. The summed E-state index contributed by atoms with van der Waals surface area (Å²) in [4.78, 5) is 111. The second-order valence-electron chi connectivity index (χ2n) is 21.4. The van der Waals surface area contributed by atoms with E-state index in [4.69, 9.17) is 20.2 Å². The highest BCUT2D eigenvalue weighted by Crippen LogP contribution is 2.38. The zero-order valence-corrected chi connectivity index (χ0v) is 47.2. The van der Waals surface area contributed by atoms with Gasteiger partial charge in [-0.1, -0.05) is 44.5 Å². The lowest BCUT2D eigenvalue weighted by molar-refractivity contribution is -0.151. The average molecular weight is 1160 g/mol. The normalized spacial score (nSPS) is 16.6. The third-order valence-electron chi connectivity index (χ3n) is 14.3. The molecule has 6 atom stereocenters. The molecule has 6 rings (SSSR count). The molecule has 0 unspecified atom stereocenters. The van der Waals surface area contributed by atoms with Crippen LogP contribution < -0.4 is 27.0 Å². The lowest BCUT2D eigenvalue weighted by Crippen LogP contribution is -2.54. The summed E-state index contributed by atoms with van der Waals surface area (Å²) in [6.45, 7) is 6.83. The van der Waals surface area contributed by atoms with E-state index in [1.54, 1.807) is 45.9 Å². The fourth-order valence-electron chi connectivity index (χ4n) is 9.70. The predicted molar refractivity (Wildman–Crippen MR) is 295 cm³/mol. The number of hydrogen-bond donors (Lipinski definition) is 6. The van der Waals surface area contributed by atoms with Crippen LogP contribution in [0.3, 0.4) is 0 Å². The fourth-order valence-corrected chi connectivity index (χ4v) is 9.70. The number of nitrogens with two attached hydrogens (primary N) is 1. The first-order chi connectivity index (χ1) is 39.3. The van der Waals surface area contributed by atoms with E-state index in [1.165, 1.54) is 72.2 Å². The van der Waals surface area contributed by atoms with E-state index in [0.717, 1.165) is 28.0 Å². The number of likely N-dealkylation sites (tertiary alicyclic amines) is 1. The molecule has 2 aliphatic heterocycles. The summed E-state index contributed by atoms with van der Waals surface area (Å²) in [6.07, 6.45) is 1.42. The van der Waals surface area contributed by atoms with Crippen molar-refractivity contribution < 1.29 is 70.5 Å². The lowest BCUT2D eigenvalue weighted by Gasteiger charge is -2.42. The van der Waals surface area contributed by atoms with Crippen molar-refractivity contribution in [1.82, 2.24) is 40.2 Å². The number of methoxy groups -OCH3 is 1. The van der Waals surface area contributed by atoms with Crippen LogP contribution in [0, 0.1) is 29.3 Å². The highest BCUT2D eigenvalue weighted by molar-refractivity contribution is 6.12. The van der Waals surface area contributed by atoms with Crippen LogP contribution in [0.15, 0.2) is 85.1 Å². The number of amides is 9. The second kappa shape index (κ2) is 29.2. The zero-order chi connectivity index (χ0) is 60.7. The van der Waals surface area contributed by atoms with Crippen molar-refractivity contribution in [2.75, 3.05) is 45.2 Å². The number of anilines is 1. The topological polar surface area (TPSA) is 277 Å². The third-order valence-corrected chi connectivity index (χ3v) is 14.3. The molecule has 2 aliphatic rings. The van der Waals surface area contributed by atoms with Gasteiger partial charge < -0.3 is 55.9 Å². The van der Waals surface area contributed by atoms with Crippen LogP contribution in [-0.4, -0.2) is 147 Å². The van der Waals surface area contributed by atoms with Gasteiger partial charge in [0.1, 0.15) is 60.3 Å². The van der Waals surface area contributed by atoms with Gasteiger partial charge >= 0.3 is 12.1 Å². The van der Waals surface area contributed by atoms with E-state index in [2.05, 4.69) is 21.3 Å². The number of aliphatic hydroxyl groups is 1. The van der Waals surface area contributed by atoms with Gasteiger partial charge in [-0.2, -0.15) is 0 Å². The number of urea groups is 1. The molecule has 4 aromatic rings. The SMILES string of the molecule is COC(C)(C)[C@H](c1nc(-c2cc(F)ccc2F)cn1Cc1cccc(F)c1)N(C[C@@H]1CN(C(=O)OCc2ccc(NC(=O)[C@@H](CCCNC(N)=O)NC(=O)[C@H](NC(=O)CCCCCN3C(=O)C=CC3=O)C(C)C)cc2)C[C@@H]1F)C(=O)[C@H](C)O. The maximum absolute atomic E-state index is 16.3. The lowest BCUT2D eigenvalue weighted by atomic mass is 9.93. The number of alkyl halides is 1. The summed E-state index contributed by atoms with van der Waals surface area (Å²) < 4.78 is 73.6. The van der Waals surface area contributed by atoms with Crippen LogP contribution in [-0.2, 0) is 51.4 Å². The van der Waals surface area contributed by atoms with Crippen molar-refractivity contribution in [3.63, 3.8) is 0 Å². The molecule has 1 aromatic heterocycles. The number of carbonyl (C=O) groups is 8. The van der Waals surface area contributed by atoms with Gasteiger partial charge in [-0.25, -0.2) is 32.1 Å². The molecule has 0 spiro atoms. The Morgan fingerprint density at radius 1 is 0.867 bits per heavy atom. The average Bonchev–Trinajstić information content (AvgIpc) is 2.93. The molecule has 0 bridgehead atoms. The van der Waals surface area contributed by atoms with Gasteiger partial charge in [-0.05, 0) is 106 Å². The van der Waals surface area contributed by atoms with Crippen molar-refractivity contribution in [2.24, 2.45) is 17.6 Å². The molecular formula is C58H72F4N10O11. The molecule has 3 aromatic carbocycles. The number of primary amides is 1. The molecule has 83 heavy (non-hydrogen) atoms. The van der Waals surface area contributed by atoms with Crippen LogP contribution in [0.4, 0.5) is 32.8 Å². The predicted octanol–water partition coefficient (Wildman–Crippen LogP) is 5.80. The number of imide groups is 1. The van der Waals surface area contributed by atoms with Crippen molar-refractivity contribution >= 4 is 53.3 Å². The van der Waals surface area contributed by atoms with E-state index in [-0.39, 0.29) is 80.9 Å². The number of imidazole rings is 1. The zero-order valence-electron chi connectivity index (χ0n) is 47.2. The second-order valence-corrected chi connectivity index (χ2v) is 21.4. The minimum atomic E-state index is -1.71. The highest BCUT2D eigenvalue weighted by Gasteiger charge is 2.46. The van der Waals surface area contributed by atoms with E-state index < -0.39 is 114 Å². The number of benzene rings is 3. The van der Waals surface area contributed by atoms with Crippen LogP contribution in [0.25, 0.3) is 11.3 Å². The summed E-state index contributed by atoms with van der Waals surface area (Å²) in [5.74, 6) is -6.78. The van der Waals surface area contributed by atoms with Gasteiger partial charge in [0.2, 0.25) is 17.7 Å². The van der Waals surface area contributed by atoms with E-state index in [0.29, 0.717) is 36.1 Å². The van der Waals surface area contributed by atoms with Crippen LogP contribution in [0.5, 0.6) is 0 Å². The fraction of sp³-hybridized carbons (Fsp3) is 0.466. The Labute approximate surface area is 478 Å². The van der Waals surface area contributed by atoms with E-state index >= 15 is 8.78 Å². The van der Waals surface area contributed by atoms with Gasteiger partial charge in [0.05, 0.1) is 17.8 Å². The Kier molecular flexibility index (Phi) is 22.5. The summed E-state index contributed by atoms with van der Waals surface area (Å²) in [5.41, 5.74) is 4.80. The number of rotatable bonds is 28. The number of halogens is 4. The van der Waals surface area contributed by atoms with Gasteiger partial charge in [0.15, 0.2) is 0 Å². The Morgan fingerprint density at radius 3 is 2.22 bits per heavy atom. The number of nitrogens with one attached hydrogen (secondary N) is 4. The van der Waals surface area contributed by atoms with Crippen molar-refractivity contribution in [2.45, 2.75) is 122 Å². The van der Waals surface area contributed by atoms with Crippen molar-refractivity contribution in [1.29, 1.82) is 0 Å². The Bertz CT molecular complexity index is 2990. The van der Waals surface area contributed by atoms with Crippen LogP contribution in [0.1, 0.15) is 96.1 Å². The summed E-state index contributed by atoms with van der Waals surface area (Å²) >= 11 is 0. The number of aromatic nitrogens is 2. The Hall–Kier alpha value is -8.19. The van der Waals surface area contributed by atoms with Gasteiger partial charge in [-0.15, -0.1) is 0 Å². The Balaban J connectivity index is 1.09. The maximum atomic E-state index is 16.3. The third kappa shape index (κ3) is 17.7. The molecule has 1 fully saturated rings. The highest BCUT2D eigenvalue weighted by atomic mass is 19.1. The maximum Gasteiger partial charge on any atom is 0.410 e. The monoisotopic (exact) mass is 1160 g/mol. The molecule has 25 heteroatoms. The van der Waals surface area contributed by atoms with Crippen molar-refractivity contribution in [3.8, 4) is 11.3 Å². The van der Waals surface area contributed by atoms with Gasteiger partial charge in [-0.3, -0.25) is 33.7 Å². The largest absolute Gasteiger partial charge is 0.445 e. The molecule has 3 heterocycles. The van der Waals surface area contributed by atoms with Crippen LogP contribution >= 0.6 is 0 Å². The van der Waals surface area contributed by atoms with Crippen LogP contribution in [0.2, 0.25) is 0 Å². The van der Waals surface area contributed by atoms with Gasteiger partial charge in [0, 0.05) is 81.8 Å². The number of aliphatic hydroxyl groups excluding tert-OH is 1. The molecule has 448 valence electrons. The smallest absolute Gasteiger partial charge is 0.410 e. The molecule has 0 saturated carbocycles. The van der Waals surface area contributed by atoms with E-state index in [9.17, 15) is 52.2 Å². The first-order valence-electron chi connectivity index (χ1n) is 27.3. The summed E-state index contributed by atoms with van der Waals surface area (Å²) in [5, 5.41) is 21.5. The quantitative estimate of drug-likeness (QED) is 0.0224. The summed E-state index contributed by atoms with van der Waals surface area (Å²) in [6, 6.07) is 10.4. The molecule has 7 N–H and O–H groups in total. The molecule has 1 saturated heterocycles. The number of hydrogen-bond acceptors (Lipinski definition) is 12. The first kappa shape index (κ1) is 64.0.